The molecule has 1 rings (SSSR count). The molecule has 4 nitrogen and oxygen atoms in total. The Morgan fingerprint density at radius 2 is 2.14 bits per heavy atom. The van der Waals surface area contributed by atoms with Gasteiger partial charge in [0, 0.05) is 0 Å². The Balaban J connectivity index is 2.66. The Morgan fingerprint density at radius 3 is 2.68 bits per heavy atom. The fourth-order valence-electron chi connectivity index (χ4n) is 3.18. The number of rotatable bonds is 8. The Hall–Kier alpha value is -0.870. The summed E-state index contributed by atoms with van der Waals surface area (Å²) in [6, 6.07) is 0. The summed E-state index contributed by atoms with van der Waals surface area (Å²) in [4.78, 5) is 22.8. The van der Waals surface area contributed by atoms with Crippen molar-refractivity contribution in [1.82, 2.24) is 0 Å². The minimum absolute atomic E-state index is 0.197. The summed E-state index contributed by atoms with van der Waals surface area (Å²) in [7, 11) is 1.41. The topological polar surface area (TPSA) is 44.8 Å². The molecule has 128 valence electrons. The van der Waals surface area contributed by atoms with Crippen molar-refractivity contribution >= 4 is 5.97 Å². The van der Waals surface area contributed by atoms with Crippen molar-refractivity contribution in [3.8, 4) is 0 Å². The molecule has 1 heterocycles. The van der Waals surface area contributed by atoms with Crippen molar-refractivity contribution in [3.63, 3.8) is 0 Å². The van der Waals surface area contributed by atoms with Crippen LogP contribution in [0.15, 0.2) is 12.2 Å². The number of carbonyl (C=O) groups is 1. The van der Waals surface area contributed by atoms with Crippen molar-refractivity contribution in [1.29, 1.82) is 0 Å². The molecular formula is C18H32O4. The lowest BCUT2D eigenvalue weighted by atomic mass is 9.79. The smallest absolute Gasteiger partial charge is 0.308 e. The lowest BCUT2D eigenvalue weighted by Crippen LogP contribution is -2.45. The minimum atomic E-state index is -0.286. The zero-order valence-corrected chi connectivity index (χ0v) is 14.8. The summed E-state index contributed by atoms with van der Waals surface area (Å²) < 4.78 is 4.74. The lowest BCUT2D eigenvalue weighted by molar-refractivity contribution is -0.419. The molecule has 4 heteroatoms. The Labute approximate surface area is 135 Å². The highest BCUT2D eigenvalue weighted by Gasteiger charge is 2.41. The molecule has 1 aliphatic heterocycles. The maximum absolute atomic E-state index is 11.5. The molecule has 1 aliphatic rings. The SMILES string of the molecule is CC/C=C/C(CC)C[C@]1(C)C[C@H](CC)C(CC(=O)OC)OO1. The van der Waals surface area contributed by atoms with E-state index in [1.54, 1.807) is 0 Å². The van der Waals surface area contributed by atoms with E-state index in [1.807, 2.05) is 0 Å². The highest BCUT2D eigenvalue weighted by atomic mass is 17.2. The molecule has 1 fully saturated rings. The fourth-order valence-corrected chi connectivity index (χ4v) is 3.18. The molecular weight excluding hydrogens is 280 g/mol. The second-order valence-electron chi connectivity index (χ2n) is 6.53. The summed E-state index contributed by atoms with van der Waals surface area (Å²) in [5.74, 6) is 0.585. The van der Waals surface area contributed by atoms with E-state index >= 15 is 0 Å². The van der Waals surface area contributed by atoms with Gasteiger partial charge in [0.15, 0.2) is 0 Å². The first-order valence-electron chi connectivity index (χ1n) is 8.55. The predicted octanol–water partition coefficient (Wildman–Crippen LogP) is 4.44. The summed E-state index contributed by atoms with van der Waals surface area (Å²) >= 11 is 0. The first-order chi connectivity index (χ1) is 10.5. The maximum atomic E-state index is 11.5. The molecule has 4 atom stereocenters. The second-order valence-corrected chi connectivity index (χ2v) is 6.53. The monoisotopic (exact) mass is 312 g/mol. The van der Waals surface area contributed by atoms with Crippen LogP contribution in [-0.4, -0.2) is 24.8 Å². The summed E-state index contributed by atoms with van der Waals surface area (Å²) in [5, 5.41) is 0. The third-order valence-electron chi connectivity index (χ3n) is 4.57. The van der Waals surface area contributed by atoms with Crippen LogP contribution in [0.4, 0.5) is 0 Å². The van der Waals surface area contributed by atoms with Gasteiger partial charge in [0.25, 0.3) is 0 Å². The largest absolute Gasteiger partial charge is 0.469 e. The third-order valence-corrected chi connectivity index (χ3v) is 4.57. The number of allylic oxidation sites excluding steroid dienone is 2. The van der Waals surface area contributed by atoms with Crippen LogP contribution in [-0.2, 0) is 19.3 Å². The number of esters is 1. The number of methoxy groups -OCH3 is 1. The van der Waals surface area contributed by atoms with Gasteiger partial charge in [0.05, 0.1) is 13.5 Å². The summed E-state index contributed by atoms with van der Waals surface area (Å²) in [6.07, 6.45) is 9.57. The third kappa shape index (κ3) is 5.73. The summed E-state index contributed by atoms with van der Waals surface area (Å²) in [5.41, 5.74) is -0.286. The van der Waals surface area contributed by atoms with Crippen molar-refractivity contribution in [3.05, 3.63) is 12.2 Å². The number of carbonyl (C=O) groups excluding carboxylic acids is 1. The molecule has 0 N–H and O–H groups in total. The van der Waals surface area contributed by atoms with Gasteiger partial charge in [-0.05, 0) is 44.4 Å². The molecule has 0 aliphatic carbocycles. The Bertz CT molecular complexity index is 366. The first-order valence-corrected chi connectivity index (χ1v) is 8.55. The molecule has 1 saturated heterocycles. The van der Waals surface area contributed by atoms with E-state index in [1.165, 1.54) is 7.11 Å². The zero-order chi connectivity index (χ0) is 16.6. The van der Waals surface area contributed by atoms with Gasteiger partial charge in [-0.15, -0.1) is 0 Å². The Morgan fingerprint density at radius 1 is 1.41 bits per heavy atom. The van der Waals surface area contributed by atoms with E-state index in [0.717, 1.165) is 32.1 Å². The van der Waals surface area contributed by atoms with Crippen molar-refractivity contribution < 1.29 is 19.3 Å². The predicted molar refractivity (Wildman–Crippen MR) is 87.2 cm³/mol. The van der Waals surface area contributed by atoms with Gasteiger partial charge in [-0.25, -0.2) is 9.78 Å². The quantitative estimate of drug-likeness (QED) is 0.378. The van der Waals surface area contributed by atoms with Crippen LogP contribution in [0.1, 0.15) is 66.2 Å². The van der Waals surface area contributed by atoms with Gasteiger partial charge >= 0.3 is 5.97 Å². The molecule has 0 spiro atoms. The summed E-state index contributed by atoms with van der Waals surface area (Å²) in [6.45, 7) is 8.61. The van der Waals surface area contributed by atoms with E-state index in [-0.39, 0.29) is 24.1 Å². The van der Waals surface area contributed by atoms with Crippen LogP contribution >= 0.6 is 0 Å². The molecule has 0 bridgehead atoms. The van der Waals surface area contributed by atoms with Crippen LogP contribution in [0.25, 0.3) is 0 Å². The molecule has 0 aromatic rings. The van der Waals surface area contributed by atoms with Gasteiger partial charge in [-0.2, -0.15) is 0 Å². The normalized spacial score (nSPS) is 30.4. The number of ether oxygens (including phenoxy) is 1. The van der Waals surface area contributed by atoms with Gasteiger partial charge in [0.1, 0.15) is 11.7 Å². The molecule has 0 radical (unpaired) electrons. The van der Waals surface area contributed by atoms with E-state index < -0.39 is 0 Å². The number of hydrogen-bond donors (Lipinski definition) is 0. The van der Waals surface area contributed by atoms with E-state index in [0.29, 0.717) is 11.8 Å². The van der Waals surface area contributed by atoms with Crippen LogP contribution in [0.5, 0.6) is 0 Å². The van der Waals surface area contributed by atoms with E-state index in [2.05, 4.69) is 39.8 Å². The number of hydrogen-bond acceptors (Lipinski definition) is 4. The van der Waals surface area contributed by atoms with Gasteiger partial charge in [-0.1, -0.05) is 39.3 Å². The van der Waals surface area contributed by atoms with Gasteiger partial charge in [-0.3, -0.25) is 4.79 Å². The van der Waals surface area contributed by atoms with Gasteiger partial charge in [0.2, 0.25) is 0 Å². The van der Waals surface area contributed by atoms with Crippen LogP contribution < -0.4 is 0 Å². The maximum Gasteiger partial charge on any atom is 0.308 e. The fraction of sp³-hybridized carbons (Fsp3) is 0.833. The molecule has 22 heavy (non-hydrogen) atoms. The van der Waals surface area contributed by atoms with Crippen molar-refractivity contribution in [2.45, 2.75) is 77.9 Å². The molecule has 2 unspecified atom stereocenters. The van der Waals surface area contributed by atoms with Gasteiger partial charge < -0.3 is 4.74 Å². The first kappa shape index (κ1) is 19.2. The van der Waals surface area contributed by atoms with E-state index in [4.69, 9.17) is 14.5 Å². The van der Waals surface area contributed by atoms with Crippen molar-refractivity contribution in [2.24, 2.45) is 11.8 Å². The average molecular weight is 312 g/mol. The highest BCUT2D eigenvalue weighted by Crippen LogP contribution is 2.39. The molecule has 0 aromatic carbocycles. The second kappa shape index (κ2) is 9.31. The molecule has 0 amide bonds. The Kier molecular flexibility index (Phi) is 8.12. The molecule has 0 aromatic heterocycles. The van der Waals surface area contributed by atoms with Crippen LogP contribution in [0.3, 0.4) is 0 Å². The zero-order valence-electron chi connectivity index (χ0n) is 14.8. The average Bonchev–Trinajstić information content (AvgIpc) is 2.53. The van der Waals surface area contributed by atoms with Crippen molar-refractivity contribution in [2.75, 3.05) is 7.11 Å². The molecule has 0 saturated carbocycles. The minimum Gasteiger partial charge on any atom is -0.469 e. The standard InChI is InChI=1S/C18H32O4/c1-6-9-10-14(7-2)12-18(4)13-15(8-3)16(21-22-18)11-17(19)20-5/h9-10,14-16H,6-8,11-13H2,1-5H3/b10-9+/t14?,15-,16?,18+/m0/s1. The lowest BCUT2D eigenvalue weighted by Gasteiger charge is -2.42. The van der Waals surface area contributed by atoms with Crippen LogP contribution in [0.2, 0.25) is 0 Å². The highest BCUT2D eigenvalue weighted by molar-refractivity contribution is 5.69. The van der Waals surface area contributed by atoms with Crippen LogP contribution in [0, 0.1) is 11.8 Å². The van der Waals surface area contributed by atoms with E-state index in [9.17, 15) is 4.79 Å².